The van der Waals surface area contributed by atoms with E-state index in [1.165, 1.54) is 35.0 Å². The molecule has 0 saturated heterocycles. The van der Waals surface area contributed by atoms with Crippen LogP contribution in [0.1, 0.15) is 18.5 Å². The topological polar surface area (TPSA) is 137 Å². The summed E-state index contributed by atoms with van der Waals surface area (Å²) in [5.74, 6) is -1.18. The van der Waals surface area contributed by atoms with Crippen molar-refractivity contribution in [3.63, 3.8) is 0 Å². The van der Waals surface area contributed by atoms with Crippen LogP contribution in [0.25, 0.3) is 38.9 Å². The van der Waals surface area contributed by atoms with Crippen molar-refractivity contribution in [1.82, 2.24) is 24.1 Å². The molecule has 0 aliphatic carbocycles. The summed E-state index contributed by atoms with van der Waals surface area (Å²) in [5.41, 5.74) is 8.59. The van der Waals surface area contributed by atoms with Crippen molar-refractivity contribution in [2.75, 3.05) is 16.7 Å². The van der Waals surface area contributed by atoms with Gasteiger partial charge in [-0.05, 0) is 54.4 Å². The Bertz CT molecular complexity index is 2180. The number of halogens is 2. The molecule has 3 N–H and O–H groups in total. The molecule has 1 atom stereocenters. The van der Waals surface area contributed by atoms with Crippen molar-refractivity contribution in [1.29, 1.82) is 0 Å². The molecule has 0 amide bonds. The number of pyridine rings is 2. The van der Waals surface area contributed by atoms with Gasteiger partial charge >= 0.3 is 0 Å². The van der Waals surface area contributed by atoms with Crippen LogP contribution in [0.4, 0.5) is 20.3 Å². The van der Waals surface area contributed by atoms with Crippen molar-refractivity contribution in [3.8, 4) is 22.4 Å². The fraction of sp³-hybridized carbons (Fsp3) is 0.103. The number of hydrogen-bond acceptors (Lipinski definition) is 7. The molecule has 13 heteroatoms. The predicted octanol–water partition coefficient (Wildman–Crippen LogP) is 4.61. The lowest BCUT2D eigenvalue weighted by molar-refractivity contribution is 0.580. The monoisotopic (exact) mass is 587 g/mol. The maximum absolute atomic E-state index is 14.7. The van der Waals surface area contributed by atoms with E-state index >= 15 is 0 Å². The van der Waals surface area contributed by atoms with Crippen molar-refractivity contribution >= 4 is 38.1 Å². The minimum absolute atomic E-state index is 0.000170. The van der Waals surface area contributed by atoms with Gasteiger partial charge in [-0.1, -0.05) is 30.3 Å². The van der Waals surface area contributed by atoms with Gasteiger partial charge in [0.2, 0.25) is 10.0 Å². The van der Waals surface area contributed by atoms with Crippen LogP contribution in [0.3, 0.4) is 0 Å². The quantitative estimate of drug-likeness (QED) is 0.290. The molecular formula is C29H23F2N7O3S. The first kappa shape index (κ1) is 27.0. The van der Waals surface area contributed by atoms with Gasteiger partial charge in [0, 0.05) is 17.3 Å². The molecular weight excluding hydrogens is 564 g/mol. The first-order valence-corrected chi connectivity index (χ1v) is 14.6. The smallest absolute Gasteiger partial charge is 0.263 e. The SMILES string of the molecule is CC(c1cc2ccc(F)cn2c(=O)c1-c1ccccc1)n1nc(-c2cc(F)cc(NS(C)(=O)=O)c2)c2c(N)ncnc21. The van der Waals surface area contributed by atoms with Crippen molar-refractivity contribution in [3.05, 3.63) is 107 Å². The fourth-order valence-electron chi connectivity index (χ4n) is 5.08. The van der Waals surface area contributed by atoms with Gasteiger partial charge in [0.05, 0.1) is 28.9 Å². The van der Waals surface area contributed by atoms with Crippen LogP contribution in [0.15, 0.2) is 84.0 Å². The van der Waals surface area contributed by atoms with Crippen LogP contribution in [0.5, 0.6) is 0 Å². The number of nitrogens with two attached hydrogens (primary N) is 1. The normalized spacial score (nSPS) is 12.6. The maximum Gasteiger partial charge on any atom is 0.263 e. The number of hydrogen-bond donors (Lipinski definition) is 2. The molecule has 0 saturated carbocycles. The number of nitrogens with one attached hydrogen (secondary N) is 1. The minimum atomic E-state index is -3.69. The van der Waals surface area contributed by atoms with E-state index in [0.717, 1.165) is 18.5 Å². The molecule has 4 aromatic heterocycles. The number of sulfonamides is 1. The molecule has 10 nitrogen and oxygen atoms in total. The van der Waals surface area contributed by atoms with Gasteiger partial charge in [-0.3, -0.25) is 13.9 Å². The summed E-state index contributed by atoms with van der Waals surface area (Å²) >= 11 is 0. The summed E-state index contributed by atoms with van der Waals surface area (Å²) < 4.78 is 57.5. The highest BCUT2D eigenvalue weighted by Crippen LogP contribution is 2.36. The number of nitrogens with zero attached hydrogens (tertiary/aromatic N) is 5. The molecule has 42 heavy (non-hydrogen) atoms. The molecule has 6 aromatic rings. The largest absolute Gasteiger partial charge is 0.383 e. The van der Waals surface area contributed by atoms with Crippen LogP contribution in [-0.2, 0) is 10.0 Å². The number of nitrogen functional groups attached to an aromatic ring is 1. The first-order chi connectivity index (χ1) is 20.0. The fourth-order valence-corrected chi connectivity index (χ4v) is 5.62. The standard InChI is InChI=1S/C29H23F2N7O3S/c1-16(23-13-22-9-8-19(30)14-37(22)29(39)24(23)17-6-4-3-5-7-17)38-28-25(27(32)33-15-34-28)26(35-38)18-10-20(31)12-21(11-18)36-42(2,40)41/h3-16,36H,1-2H3,(H2,32,33,34). The minimum Gasteiger partial charge on any atom is -0.383 e. The molecule has 4 heterocycles. The molecule has 0 aliphatic rings. The average Bonchev–Trinajstić information content (AvgIpc) is 3.33. The van der Waals surface area contributed by atoms with Gasteiger partial charge in [0.15, 0.2) is 5.65 Å². The van der Waals surface area contributed by atoms with Gasteiger partial charge in [-0.25, -0.2) is 31.8 Å². The second-order valence-electron chi connectivity index (χ2n) is 9.82. The number of aromatic nitrogens is 5. The lowest BCUT2D eigenvalue weighted by atomic mass is 9.96. The Labute approximate surface area is 238 Å². The van der Waals surface area contributed by atoms with E-state index < -0.39 is 33.3 Å². The van der Waals surface area contributed by atoms with E-state index in [9.17, 15) is 22.0 Å². The summed E-state index contributed by atoms with van der Waals surface area (Å²) in [6, 6.07) is 16.6. The number of anilines is 2. The summed E-state index contributed by atoms with van der Waals surface area (Å²) in [6.07, 6.45) is 3.37. The molecule has 212 valence electrons. The van der Waals surface area contributed by atoms with Crippen LogP contribution in [0, 0.1) is 11.6 Å². The van der Waals surface area contributed by atoms with E-state index in [1.807, 2.05) is 13.0 Å². The Morgan fingerprint density at radius 1 is 0.952 bits per heavy atom. The molecule has 2 aromatic carbocycles. The molecule has 0 fully saturated rings. The second kappa shape index (κ2) is 10.0. The molecule has 1 unspecified atom stereocenters. The van der Waals surface area contributed by atoms with Gasteiger partial charge in [-0.15, -0.1) is 0 Å². The number of benzene rings is 2. The zero-order valence-corrected chi connectivity index (χ0v) is 23.1. The van der Waals surface area contributed by atoms with Crippen molar-refractivity contribution in [2.45, 2.75) is 13.0 Å². The Kier molecular flexibility index (Phi) is 6.45. The third kappa shape index (κ3) is 4.83. The summed E-state index contributed by atoms with van der Waals surface area (Å²) in [6.45, 7) is 1.82. The third-order valence-electron chi connectivity index (χ3n) is 6.84. The van der Waals surface area contributed by atoms with Crippen molar-refractivity contribution < 1.29 is 17.2 Å². The second-order valence-corrected chi connectivity index (χ2v) is 11.6. The van der Waals surface area contributed by atoms with Gasteiger partial charge in [0.25, 0.3) is 5.56 Å². The van der Waals surface area contributed by atoms with Crippen LogP contribution in [0.2, 0.25) is 0 Å². The molecule has 0 bridgehead atoms. The molecule has 6 rings (SSSR count). The highest BCUT2D eigenvalue weighted by atomic mass is 32.2. The highest BCUT2D eigenvalue weighted by Gasteiger charge is 2.25. The molecule has 0 radical (unpaired) electrons. The summed E-state index contributed by atoms with van der Waals surface area (Å²) in [7, 11) is -3.69. The first-order valence-electron chi connectivity index (χ1n) is 12.7. The lowest BCUT2D eigenvalue weighted by Crippen LogP contribution is -2.21. The van der Waals surface area contributed by atoms with E-state index in [1.54, 1.807) is 35.0 Å². The summed E-state index contributed by atoms with van der Waals surface area (Å²) in [5, 5.41) is 5.08. The maximum atomic E-state index is 14.7. The molecule has 0 spiro atoms. The van der Waals surface area contributed by atoms with E-state index in [2.05, 4.69) is 14.7 Å². The third-order valence-corrected chi connectivity index (χ3v) is 7.45. The van der Waals surface area contributed by atoms with Crippen LogP contribution in [-0.4, -0.2) is 38.8 Å². The zero-order valence-electron chi connectivity index (χ0n) is 22.3. The van der Waals surface area contributed by atoms with Gasteiger partial charge in [-0.2, -0.15) is 5.10 Å². The van der Waals surface area contributed by atoms with E-state index in [4.69, 9.17) is 10.8 Å². The highest BCUT2D eigenvalue weighted by molar-refractivity contribution is 7.92. The van der Waals surface area contributed by atoms with Crippen LogP contribution < -0.4 is 16.0 Å². The van der Waals surface area contributed by atoms with Gasteiger partial charge < -0.3 is 5.73 Å². The molecule has 0 aliphatic heterocycles. The van der Waals surface area contributed by atoms with Gasteiger partial charge in [0.1, 0.15) is 29.5 Å². The van der Waals surface area contributed by atoms with E-state index in [0.29, 0.717) is 33.2 Å². The van der Waals surface area contributed by atoms with Crippen molar-refractivity contribution in [2.24, 2.45) is 0 Å². The van der Waals surface area contributed by atoms with E-state index in [-0.39, 0.29) is 22.8 Å². The average molecular weight is 588 g/mol. The zero-order chi connectivity index (χ0) is 29.8. The predicted molar refractivity (Wildman–Crippen MR) is 156 cm³/mol. The summed E-state index contributed by atoms with van der Waals surface area (Å²) in [4.78, 5) is 22.3. The number of fused-ring (bicyclic) bond motifs is 2. The Morgan fingerprint density at radius 2 is 1.71 bits per heavy atom. The Morgan fingerprint density at radius 3 is 2.45 bits per heavy atom. The number of rotatable bonds is 6. The lowest BCUT2D eigenvalue weighted by Gasteiger charge is -2.19. The Balaban J connectivity index is 1.61. The Hall–Kier alpha value is -5.17. The van der Waals surface area contributed by atoms with Crippen LogP contribution >= 0.6 is 0 Å².